The van der Waals surface area contributed by atoms with Crippen molar-refractivity contribution >= 4 is 16.8 Å². The number of hydrogen-bond acceptors (Lipinski definition) is 3. The summed E-state index contributed by atoms with van der Waals surface area (Å²) in [4.78, 5) is 19.5. The van der Waals surface area contributed by atoms with Crippen molar-refractivity contribution < 1.29 is 9.90 Å². The zero-order valence-electron chi connectivity index (χ0n) is 14.0. The molecule has 122 valence electrons. The molecule has 1 aliphatic rings. The standard InChI is InChI=1S/C19H24N2O2/c1-12-6-7-15-10-16(14(3)20-17(15)9-12)19(23)21-8-4-5-13(2)18(21)11-22/h6-7,9-10,13,18,22H,4-5,8,11H2,1-3H3. The number of likely N-dealkylation sites (tertiary alicyclic amines) is 1. The van der Waals surface area contributed by atoms with Gasteiger partial charge in [0.05, 0.1) is 29.4 Å². The molecule has 1 aromatic heterocycles. The van der Waals surface area contributed by atoms with Crippen LogP contribution in [0.3, 0.4) is 0 Å². The molecule has 4 nitrogen and oxygen atoms in total. The number of amides is 1. The Labute approximate surface area is 137 Å². The molecular weight excluding hydrogens is 288 g/mol. The number of hydrogen-bond donors (Lipinski definition) is 1. The van der Waals surface area contributed by atoms with Gasteiger partial charge in [0.1, 0.15) is 0 Å². The van der Waals surface area contributed by atoms with Gasteiger partial charge in [0, 0.05) is 11.9 Å². The summed E-state index contributed by atoms with van der Waals surface area (Å²) in [5, 5.41) is 10.7. The number of aryl methyl sites for hydroxylation is 2. The fourth-order valence-electron chi connectivity index (χ4n) is 3.52. The van der Waals surface area contributed by atoms with Crippen LogP contribution in [0.4, 0.5) is 0 Å². The van der Waals surface area contributed by atoms with E-state index in [0.29, 0.717) is 18.0 Å². The van der Waals surface area contributed by atoms with Crippen LogP contribution in [-0.2, 0) is 0 Å². The lowest BCUT2D eigenvalue weighted by Gasteiger charge is -2.39. The Morgan fingerprint density at radius 3 is 2.87 bits per heavy atom. The summed E-state index contributed by atoms with van der Waals surface area (Å²) in [6.07, 6.45) is 2.05. The Morgan fingerprint density at radius 1 is 1.35 bits per heavy atom. The van der Waals surface area contributed by atoms with Gasteiger partial charge in [-0.15, -0.1) is 0 Å². The van der Waals surface area contributed by atoms with E-state index in [9.17, 15) is 9.90 Å². The minimum absolute atomic E-state index is 0.0110. The van der Waals surface area contributed by atoms with E-state index >= 15 is 0 Å². The third kappa shape index (κ3) is 2.95. The lowest BCUT2D eigenvalue weighted by molar-refractivity contribution is 0.0357. The second-order valence-electron chi connectivity index (χ2n) is 6.69. The molecule has 0 radical (unpaired) electrons. The van der Waals surface area contributed by atoms with Crippen LogP contribution >= 0.6 is 0 Å². The van der Waals surface area contributed by atoms with E-state index in [1.165, 1.54) is 0 Å². The summed E-state index contributed by atoms with van der Waals surface area (Å²) in [6, 6.07) is 7.93. The number of aliphatic hydroxyl groups excluding tert-OH is 1. The largest absolute Gasteiger partial charge is 0.394 e. The first-order valence-corrected chi connectivity index (χ1v) is 8.31. The highest BCUT2D eigenvalue weighted by Gasteiger charge is 2.32. The first-order valence-electron chi connectivity index (χ1n) is 8.31. The molecule has 2 heterocycles. The average molecular weight is 312 g/mol. The minimum atomic E-state index is -0.0932. The summed E-state index contributed by atoms with van der Waals surface area (Å²) < 4.78 is 0. The Balaban J connectivity index is 2.00. The van der Waals surface area contributed by atoms with E-state index in [4.69, 9.17) is 0 Å². The van der Waals surface area contributed by atoms with Crippen molar-refractivity contribution in [2.75, 3.05) is 13.2 Å². The van der Waals surface area contributed by atoms with Crippen LogP contribution in [0.5, 0.6) is 0 Å². The number of piperidine rings is 1. The van der Waals surface area contributed by atoms with Crippen LogP contribution < -0.4 is 0 Å². The second-order valence-corrected chi connectivity index (χ2v) is 6.69. The van der Waals surface area contributed by atoms with E-state index in [1.54, 1.807) is 0 Å². The highest BCUT2D eigenvalue weighted by Crippen LogP contribution is 2.26. The average Bonchev–Trinajstić information content (AvgIpc) is 2.53. The number of carbonyl (C=O) groups is 1. The molecule has 1 aliphatic heterocycles. The fraction of sp³-hybridized carbons (Fsp3) is 0.474. The highest BCUT2D eigenvalue weighted by atomic mass is 16.3. The van der Waals surface area contributed by atoms with Gasteiger partial charge in [0.15, 0.2) is 0 Å². The molecule has 1 amide bonds. The molecular formula is C19H24N2O2. The third-order valence-corrected chi connectivity index (χ3v) is 4.96. The van der Waals surface area contributed by atoms with E-state index in [1.807, 2.05) is 43.0 Å². The molecule has 0 saturated carbocycles. The number of aliphatic hydroxyl groups is 1. The summed E-state index contributed by atoms with van der Waals surface area (Å²) in [7, 11) is 0. The molecule has 1 N–H and O–H groups in total. The fourth-order valence-corrected chi connectivity index (χ4v) is 3.52. The number of rotatable bonds is 2. The molecule has 1 aromatic carbocycles. The van der Waals surface area contributed by atoms with Gasteiger partial charge in [-0.1, -0.05) is 19.1 Å². The molecule has 0 aliphatic carbocycles. The maximum atomic E-state index is 13.0. The summed E-state index contributed by atoms with van der Waals surface area (Å²) >= 11 is 0. The van der Waals surface area contributed by atoms with Gasteiger partial charge in [-0.3, -0.25) is 9.78 Å². The minimum Gasteiger partial charge on any atom is -0.394 e. The summed E-state index contributed by atoms with van der Waals surface area (Å²) in [5.74, 6) is 0.317. The first kappa shape index (κ1) is 15.9. The third-order valence-electron chi connectivity index (χ3n) is 4.96. The number of aromatic nitrogens is 1. The van der Waals surface area contributed by atoms with Crippen molar-refractivity contribution in [1.82, 2.24) is 9.88 Å². The summed E-state index contributed by atoms with van der Waals surface area (Å²) in [6.45, 7) is 6.76. The Hall–Kier alpha value is -1.94. The molecule has 0 spiro atoms. The first-order chi connectivity index (χ1) is 11.0. The van der Waals surface area contributed by atoms with Crippen LogP contribution in [0.2, 0.25) is 0 Å². The smallest absolute Gasteiger partial charge is 0.256 e. The van der Waals surface area contributed by atoms with Crippen molar-refractivity contribution in [1.29, 1.82) is 0 Å². The summed E-state index contributed by atoms with van der Waals surface area (Å²) in [5.41, 5.74) is 3.48. The molecule has 2 aromatic rings. The molecule has 0 bridgehead atoms. The molecule has 4 heteroatoms. The predicted octanol–water partition coefficient (Wildman–Crippen LogP) is 3.08. The van der Waals surface area contributed by atoms with Crippen molar-refractivity contribution in [3.8, 4) is 0 Å². The lowest BCUT2D eigenvalue weighted by Crippen LogP contribution is -2.49. The molecule has 2 unspecified atom stereocenters. The number of nitrogens with zero attached hydrogens (tertiary/aromatic N) is 2. The topological polar surface area (TPSA) is 53.4 Å². The van der Waals surface area contributed by atoms with Crippen molar-refractivity contribution in [2.45, 2.75) is 39.7 Å². The van der Waals surface area contributed by atoms with Gasteiger partial charge in [-0.05, 0) is 50.3 Å². The zero-order valence-corrected chi connectivity index (χ0v) is 14.0. The number of benzene rings is 1. The number of carbonyl (C=O) groups excluding carboxylic acids is 1. The maximum Gasteiger partial charge on any atom is 0.256 e. The molecule has 1 fully saturated rings. The molecule has 23 heavy (non-hydrogen) atoms. The maximum absolute atomic E-state index is 13.0. The van der Waals surface area contributed by atoms with Gasteiger partial charge in [0.2, 0.25) is 0 Å². The Morgan fingerprint density at radius 2 is 2.13 bits per heavy atom. The van der Waals surface area contributed by atoms with Gasteiger partial charge >= 0.3 is 0 Å². The molecule has 2 atom stereocenters. The van der Waals surface area contributed by atoms with E-state index in [2.05, 4.69) is 11.9 Å². The van der Waals surface area contributed by atoms with Crippen LogP contribution in [0.15, 0.2) is 24.3 Å². The normalized spacial score (nSPS) is 21.7. The zero-order chi connectivity index (χ0) is 16.6. The van der Waals surface area contributed by atoms with Crippen LogP contribution in [0, 0.1) is 19.8 Å². The van der Waals surface area contributed by atoms with Crippen LogP contribution in [-0.4, -0.2) is 40.1 Å². The van der Waals surface area contributed by atoms with Crippen LogP contribution in [0.25, 0.3) is 10.9 Å². The number of pyridine rings is 1. The number of fused-ring (bicyclic) bond motifs is 1. The van der Waals surface area contributed by atoms with E-state index in [0.717, 1.165) is 35.0 Å². The van der Waals surface area contributed by atoms with Crippen LogP contribution in [0.1, 0.15) is 41.4 Å². The van der Waals surface area contributed by atoms with E-state index in [-0.39, 0.29) is 18.6 Å². The predicted molar refractivity (Wildman–Crippen MR) is 91.5 cm³/mol. The van der Waals surface area contributed by atoms with Gasteiger partial charge < -0.3 is 10.0 Å². The van der Waals surface area contributed by atoms with Crippen molar-refractivity contribution in [3.05, 3.63) is 41.1 Å². The Bertz CT molecular complexity index is 741. The van der Waals surface area contributed by atoms with Crippen molar-refractivity contribution in [2.24, 2.45) is 5.92 Å². The van der Waals surface area contributed by atoms with Crippen molar-refractivity contribution in [3.63, 3.8) is 0 Å². The van der Waals surface area contributed by atoms with Gasteiger partial charge in [0.25, 0.3) is 5.91 Å². The molecule has 3 rings (SSSR count). The Kier molecular flexibility index (Phi) is 4.35. The van der Waals surface area contributed by atoms with E-state index < -0.39 is 0 Å². The quantitative estimate of drug-likeness (QED) is 0.927. The monoisotopic (exact) mass is 312 g/mol. The molecule has 1 saturated heterocycles. The SMILES string of the molecule is Cc1ccc2cc(C(=O)N3CCCC(C)C3CO)c(C)nc2c1. The highest BCUT2D eigenvalue weighted by molar-refractivity contribution is 5.99. The second kappa shape index (κ2) is 6.28. The van der Waals surface area contributed by atoms with Gasteiger partial charge in [-0.2, -0.15) is 0 Å². The lowest BCUT2D eigenvalue weighted by atomic mass is 9.90. The van der Waals surface area contributed by atoms with Gasteiger partial charge in [-0.25, -0.2) is 0 Å².